The lowest BCUT2D eigenvalue weighted by molar-refractivity contribution is 0.197. The maximum absolute atomic E-state index is 11.0. The third kappa shape index (κ3) is 6.10. The van der Waals surface area contributed by atoms with Gasteiger partial charge in [-0.2, -0.15) is 0 Å². The molecule has 2 rings (SSSR count). The van der Waals surface area contributed by atoms with Crippen LogP contribution in [-0.4, -0.2) is 20.3 Å². The van der Waals surface area contributed by atoms with E-state index in [2.05, 4.69) is 25.9 Å². The van der Waals surface area contributed by atoms with Crippen LogP contribution in [0.25, 0.3) is 0 Å². The Hall–Kier alpha value is -2.56. The van der Waals surface area contributed by atoms with Crippen molar-refractivity contribution in [2.24, 2.45) is 16.5 Å². The molecule has 1 aliphatic rings. The first-order valence-corrected chi connectivity index (χ1v) is 8.25. The summed E-state index contributed by atoms with van der Waals surface area (Å²) >= 11 is 0. The fraction of sp³-hybridized carbons (Fsp3) is 0.400. The van der Waals surface area contributed by atoms with E-state index in [9.17, 15) is 4.91 Å². The van der Waals surface area contributed by atoms with E-state index in [0.29, 0.717) is 24.7 Å². The molecule has 25 heavy (non-hydrogen) atoms. The molecule has 0 radical (unpaired) electrons. The molecule has 0 saturated heterocycles. The standard InChI is InChI=1S/C20H25NO4/c1-20(2,3)14-25-19-12-17(10-11-18(19)21-22)24-13-15-6-5-7-16(23-4)9-8-15/h5-12,15H,13-14H2,1-4H3. The lowest BCUT2D eigenvalue weighted by Gasteiger charge is -2.19. The topological polar surface area (TPSA) is 57.1 Å². The molecule has 1 atom stereocenters. The minimum atomic E-state index is -0.0149. The zero-order valence-electron chi connectivity index (χ0n) is 15.2. The number of benzene rings is 1. The van der Waals surface area contributed by atoms with E-state index in [0.717, 1.165) is 5.76 Å². The van der Waals surface area contributed by atoms with Crippen LogP contribution in [0.2, 0.25) is 0 Å². The molecule has 0 fully saturated rings. The van der Waals surface area contributed by atoms with Crippen LogP contribution >= 0.6 is 0 Å². The molecule has 5 heteroatoms. The second-order valence-electron chi connectivity index (χ2n) is 7.06. The van der Waals surface area contributed by atoms with Crippen molar-refractivity contribution in [3.05, 3.63) is 59.2 Å². The summed E-state index contributed by atoms with van der Waals surface area (Å²) in [4.78, 5) is 11.0. The zero-order valence-corrected chi connectivity index (χ0v) is 15.2. The van der Waals surface area contributed by atoms with Gasteiger partial charge in [-0.05, 0) is 34.9 Å². The number of methoxy groups -OCH3 is 1. The maximum Gasteiger partial charge on any atom is 0.152 e. The van der Waals surface area contributed by atoms with Gasteiger partial charge in [0.15, 0.2) is 5.75 Å². The van der Waals surface area contributed by atoms with Crippen LogP contribution in [-0.2, 0) is 4.74 Å². The molecule has 0 spiro atoms. The lowest BCUT2D eigenvalue weighted by atomic mass is 9.99. The highest BCUT2D eigenvalue weighted by atomic mass is 16.5. The van der Waals surface area contributed by atoms with Gasteiger partial charge in [0.05, 0.1) is 20.3 Å². The Bertz CT molecular complexity index is 683. The molecule has 0 bridgehead atoms. The van der Waals surface area contributed by atoms with E-state index in [1.54, 1.807) is 25.3 Å². The van der Waals surface area contributed by atoms with Gasteiger partial charge < -0.3 is 14.2 Å². The van der Waals surface area contributed by atoms with Gasteiger partial charge in [-0.15, -0.1) is 4.91 Å². The van der Waals surface area contributed by atoms with Crippen LogP contribution in [0.4, 0.5) is 5.69 Å². The maximum atomic E-state index is 11.0. The van der Waals surface area contributed by atoms with Crippen LogP contribution in [0.5, 0.6) is 11.5 Å². The largest absolute Gasteiger partial charge is 0.497 e. The molecule has 1 aromatic carbocycles. The Balaban J connectivity index is 2.01. The highest BCUT2D eigenvalue weighted by molar-refractivity contribution is 5.54. The highest BCUT2D eigenvalue weighted by Crippen LogP contribution is 2.33. The van der Waals surface area contributed by atoms with Crippen LogP contribution < -0.4 is 9.47 Å². The van der Waals surface area contributed by atoms with Gasteiger partial charge in [-0.1, -0.05) is 39.0 Å². The van der Waals surface area contributed by atoms with Gasteiger partial charge in [-0.25, -0.2) is 0 Å². The van der Waals surface area contributed by atoms with E-state index in [1.165, 1.54) is 0 Å². The van der Waals surface area contributed by atoms with Crippen LogP contribution in [0.3, 0.4) is 0 Å². The van der Waals surface area contributed by atoms with E-state index >= 15 is 0 Å². The van der Waals surface area contributed by atoms with Gasteiger partial charge in [0.1, 0.15) is 17.2 Å². The summed E-state index contributed by atoms with van der Waals surface area (Å²) in [6, 6.07) is 5.05. The first-order chi connectivity index (χ1) is 11.9. The monoisotopic (exact) mass is 343 g/mol. The number of rotatable bonds is 7. The van der Waals surface area contributed by atoms with Crippen molar-refractivity contribution in [3.8, 4) is 11.5 Å². The van der Waals surface area contributed by atoms with Crippen LogP contribution in [0.15, 0.2) is 59.5 Å². The zero-order chi connectivity index (χ0) is 18.3. The molecule has 134 valence electrons. The summed E-state index contributed by atoms with van der Waals surface area (Å²) in [5.41, 5.74) is 0.263. The van der Waals surface area contributed by atoms with Gasteiger partial charge in [-0.3, -0.25) is 0 Å². The minimum absolute atomic E-state index is 0.0149. The Morgan fingerprint density at radius 1 is 1.16 bits per heavy atom. The molecule has 0 aliphatic heterocycles. The predicted octanol–water partition coefficient (Wildman–Crippen LogP) is 5.16. The average molecular weight is 343 g/mol. The summed E-state index contributed by atoms with van der Waals surface area (Å²) < 4.78 is 16.8. The second-order valence-corrected chi connectivity index (χ2v) is 7.06. The van der Waals surface area contributed by atoms with E-state index in [4.69, 9.17) is 14.2 Å². The molecule has 0 aromatic heterocycles. The summed E-state index contributed by atoms with van der Waals surface area (Å²) in [5, 5.41) is 3.02. The van der Waals surface area contributed by atoms with Gasteiger partial charge in [0.25, 0.3) is 0 Å². The summed E-state index contributed by atoms with van der Waals surface area (Å²) in [7, 11) is 1.64. The van der Waals surface area contributed by atoms with Crippen molar-refractivity contribution in [1.82, 2.24) is 0 Å². The molecular formula is C20H25NO4. The van der Waals surface area contributed by atoms with Gasteiger partial charge >= 0.3 is 0 Å². The van der Waals surface area contributed by atoms with Crippen molar-refractivity contribution >= 4 is 5.69 Å². The summed E-state index contributed by atoms with van der Waals surface area (Å²) in [6.07, 6.45) is 9.84. The average Bonchev–Trinajstić information content (AvgIpc) is 2.82. The summed E-state index contributed by atoms with van der Waals surface area (Å²) in [5.74, 6) is 2.02. The van der Waals surface area contributed by atoms with Crippen LogP contribution in [0.1, 0.15) is 20.8 Å². The third-order valence-corrected chi connectivity index (χ3v) is 3.49. The van der Waals surface area contributed by atoms with Crippen LogP contribution in [0, 0.1) is 16.2 Å². The van der Waals surface area contributed by atoms with E-state index < -0.39 is 0 Å². The molecule has 1 aliphatic carbocycles. The Labute approximate surface area is 149 Å². The van der Waals surface area contributed by atoms with Crippen molar-refractivity contribution < 1.29 is 14.2 Å². The molecule has 1 unspecified atom stereocenters. The molecule has 5 nitrogen and oxygen atoms in total. The number of hydrogen-bond donors (Lipinski definition) is 0. The fourth-order valence-electron chi connectivity index (χ4n) is 2.14. The molecular weight excluding hydrogens is 318 g/mol. The number of nitrogens with zero attached hydrogens (tertiary/aromatic N) is 1. The van der Waals surface area contributed by atoms with Gasteiger partial charge in [0, 0.05) is 12.0 Å². The Kier molecular flexibility index (Phi) is 6.39. The van der Waals surface area contributed by atoms with Gasteiger partial charge in [0.2, 0.25) is 0 Å². The smallest absolute Gasteiger partial charge is 0.152 e. The SMILES string of the molecule is COC1=CC=CC(COc2ccc(N=O)c(OCC(C)(C)C)c2)C=C1. The quantitative estimate of drug-likeness (QED) is 0.642. The van der Waals surface area contributed by atoms with Crippen molar-refractivity contribution in [3.63, 3.8) is 0 Å². The molecule has 1 aromatic rings. The fourth-order valence-corrected chi connectivity index (χ4v) is 2.14. The molecule has 0 amide bonds. The Morgan fingerprint density at radius 3 is 2.64 bits per heavy atom. The number of nitroso groups, excluding NO2 is 1. The number of allylic oxidation sites excluding steroid dienone is 3. The first kappa shape index (κ1) is 18.8. The highest BCUT2D eigenvalue weighted by Gasteiger charge is 2.14. The molecule has 0 saturated carbocycles. The minimum Gasteiger partial charge on any atom is -0.497 e. The normalized spacial score (nSPS) is 16.8. The predicted molar refractivity (Wildman–Crippen MR) is 99.2 cm³/mol. The second kappa shape index (κ2) is 8.51. The van der Waals surface area contributed by atoms with E-state index in [1.807, 2.05) is 30.4 Å². The molecule has 0 heterocycles. The number of ether oxygens (including phenoxy) is 3. The van der Waals surface area contributed by atoms with Crippen molar-refractivity contribution in [2.75, 3.05) is 20.3 Å². The van der Waals surface area contributed by atoms with Crippen molar-refractivity contribution in [1.29, 1.82) is 0 Å². The summed E-state index contributed by atoms with van der Waals surface area (Å²) in [6.45, 7) is 7.15. The lowest BCUT2D eigenvalue weighted by Crippen LogP contribution is -2.17. The Morgan fingerprint density at radius 2 is 1.96 bits per heavy atom. The van der Waals surface area contributed by atoms with Crippen molar-refractivity contribution in [2.45, 2.75) is 20.8 Å². The molecule has 0 N–H and O–H groups in total. The first-order valence-electron chi connectivity index (χ1n) is 8.25. The van der Waals surface area contributed by atoms with E-state index in [-0.39, 0.29) is 17.0 Å². The number of hydrogen-bond acceptors (Lipinski definition) is 5. The third-order valence-electron chi connectivity index (χ3n) is 3.49.